The fraction of sp³-hybridized carbons (Fsp3) is 0.354. The van der Waals surface area contributed by atoms with E-state index in [1.807, 2.05) is 83.5 Å². The summed E-state index contributed by atoms with van der Waals surface area (Å²) in [7, 11) is -9.07. The number of anilines is 3. The summed E-state index contributed by atoms with van der Waals surface area (Å²) in [4.78, 5) is 5.70. The molecule has 15 nitrogen and oxygen atoms in total. The Kier molecular flexibility index (Phi) is 28.2. The van der Waals surface area contributed by atoms with Crippen LogP contribution in [0.15, 0.2) is 149 Å². The number of aryl methyl sites for hydroxylation is 2. The van der Waals surface area contributed by atoms with E-state index >= 15 is 0 Å². The van der Waals surface area contributed by atoms with Gasteiger partial charge in [0, 0.05) is 53.4 Å². The summed E-state index contributed by atoms with van der Waals surface area (Å²) in [6, 6.07) is 37.0. The van der Waals surface area contributed by atoms with E-state index in [0.29, 0.717) is 42.3 Å². The average molecular weight is 1310 g/mol. The number of para-hydroxylation sites is 2. The van der Waals surface area contributed by atoms with Gasteiger partial charge in [-0.05, 0) is 169 Å². The van der Waals surface area contributed by atoms with E-state index in [4.69, 9.17) is 14.2 Å². The number of aliphatic hydroxyl groups is 3. The van der Waals surface area contributed by atoms with E-state index in [2.05, 4.69) is 95.8 Å². The quantitative estimate of drug-likeness (QED) is 0.124. The molecule has 3 N–H and O–H groups in total. The van der Waals surface area contributed by atoms with Crippen molar-refractivity contribution in [3.8, 4) is 17.2 Å². The molecule has 6 aromatic rings. The van der Waals surface area contributed by atoms with Crippen LogP contribution in [0.1, 0.15) is 108 Å². The van der Waals surface area contributed by atoms with Gasteiger partial charge in [0.15, 0.2) is 0 Å². The molecule has 438 valence electrons. The Labute approximate surface area is 680 Å². The van der Waals surface area contributed by atoms with Crippen molar-refractivity contribution in [1.82, 2.24) is 0 Å². The largest absolute Gasteiger partial charge is 1.00 e. The molecule has 0 fully saturated rings. The van der Waals surface area contributed by atoms with Crippen molar-refractivity contribution < 1.29 is 261 Å². The number of rotatable bonds is 8. The van der Waals surface area contributed by atoms with Crippen molar-refractivity contribution in [2.75, 3.05) is 54.2 Å². The summed E-state index contributed by atoms with van der Waals surface area (Å²) in [5, 5.41) is 29.0. The van der Waals surface area contributed by atoms with Crippen molar-refractivity contribution in [1.29, 1.82) is 0 Å². The maximum atomic E-state index is 11.3. The Morgan fingerprint density at radius 1 is 0.419 bits per heavy atom. The molecule has 6 aromatic carbocycles. The zero-order chi connectivity index (χ0) is 56.7. The second-order valence-electron chi connectivity index (χ2n) is 22.3. The summed E-state index contributed by atoms with van der Waals surface area (Å²) < 4.78 is 87.4. The molecule has 3 spiro atoms. The first kappa shape index (κ1) is 79.8. The van der Waals surface area contributed by atoms with E-state index in [1.165, 1.54) is 47.5 Å². The van der Waals surface area contributed by atoms with Gasteiger partial charge in [-0.25, -0.2) is 16.8 Å². The number of benzene rings is 6. The number of aliphatic hydroxyl groups excluding tert-OH is 3. The third-order valence-electron chi connectivity index (χ3n) is 16.7. The standard InChI is InChI=1S/C21H23NO5S.C21H23NO2.C20H21NO5S.3CH4.4K/c1-14-4-6-18-17(12-14)20(2,3)21(22(18)10-11-23)9-8-15-13-16(28(24,25)26)5-7-19(15)27-21;1-15-8-9-18-17(14-15)20(2,3)21(22(18)12-13-23)11-10-16-6-4-5-7-19(16)24-21;1-19(2)16-5-3-4-6-17(16)21(11-12-22)20(19)10-9-14-13-15(27(23,24)25)7-8-18(14)26-20;;;;;;;/h4-9,12-13,23H,10-11H2,1-3H3,(H,24,25,26);4-11,14,23H,12-13H2,1-3H3;3-10,13,22H,11-12H2,1-2H3,(H,23,24,25);3*1H4;;;;/q;;;;;;4*+1/p-2/t2*21-;20-;;;;;;;/m111......./s1. The topological polar surface area (TPSA) is 212 Å². The average Bonchev–Trinajstić information content (AvgIpc) is 1.59. The van der Waals surface area contributed by atoms with Crippen LogP contribution in [0.3, 0.4) is 0 Å². The zero-order valence-electron chi connectivity index (χ0n) is 49.4. The van der Waals surface area contributed by atoms with E-state index in [0.717, 1.165) is 45.1 Å². The van der Waals surface area contributed by atoms with Crippen LogP contribution in [0.5, 0.6) is 17.2 Å². The molecule has 0 aromatic heterocycles. The first-order valence-corrected chi connectivity index (χ1v) is 29.0. The molecule has 12 rings (SSSR count). The van der Waals surface area contributed by atoms with Gasteiger partial charge in [-0.15, -0.1) is 0 Å². The molecule has 3 atom stereocenters. The normalized spacial score (nSPS) is 20.7. The van der Waals surface area contributed by atoms with Crippen LogP contribution in [0, 0.1) is 13.8 Å². The molecule has 6 heterocycles. The molecule has 0 bridgehead atoms. The first-order valence-electron chi connectivity index (χ1n) is 26.2. The van der Waals surface area contributed by atoms with E-state index in [-0.39, 0.29) is 263 Å². The van der Waals surface area contributed by atoms with Crippen molar-refractivity contribution in [2.24, 2.45) is 0 Å². The summed E-state index contributed by atoms with van der Waals surface area (Å²) in [6.45, 7) is 18.2. The maximum absolute atomic E-state index is 11.3. The summed E-state index contributed by atoms with van der Waals surface area (Å²) in [5.74, 6) is 1.88. The first-order chi connectivity index (χ1) is 37.3. The molecular formula is C65H77K4N3O12S2+2. The fourth-order valence-corrected chi connectivity index (χ4v) is 13.5. The molecule has 6 aliphatic rings. The van der Waals surface area contributed by atoms with Crippen molar-refractivity contribution >= 4 is 55.5 Å². The molecular weight excluding hydrogens is 1240 g/mol. The summed E-state index contributed by atoms with van der Waals surface area (Å²) in [6.07, 6.45) is 11.6. The second-order valence-corrected chi connectivity index (χ2v) is 25.1. The van der Waals surface area contributed by atoms with Gasteiger partial charge >= 0.3 is 206 Å². The minimum atomic E-state index is -4.54. The van der Waals surface area contributed by atoms with Crippen LogP contribution in [-0.2, 0) is 36.5 Å². The summed E-state index contributed by atoms with van der Waals surface area (Å²) >= 11 is 0. The Hall–Kier alpha value is -0.415. The number of fused-ring (bicyclic) bond motifs is 6. The molecule has 0 saturated heterocycles. The number of hydrogen-bond acceptors (Lipinski definition) is 15. The van der Waals surface area contributed by atoms with Crippen LogP contribution in [0.4, 0.5) is 17.1 Å². The van der Waals surface area contributed by atoms with Gasteiger partial charge in [0.25, 0.3) is 0 Å². The Morgan fingerprint density at radius 3 is 1.13 bits per heavy atom. The second kappa shape index (κ2) is 30.3. The fourth-order valence-electron chi connectivity index (χ4n) is 12.5. The smallest absolute Gasteiger partial charge is 0.744 e. The van der Waals surface area contributed by atoms with Gasteiger partial charge < -0.3 is 53.3 Å². The van der Waals surface area contributed by atoms with Crippen LogP contribution < -0.4 is 234 Å². The Morgan fingerprint density at radius 2 is 0.744 bits per heavy atom. The molecule has 86 heavy (non-hydrogen) atoms. The summed E-state index contributed by atoms with van der Waals surface area (Å²) in [5.41, 5.74) is 7.66. The van der Waals surface area contributed by atoms with Crippen LogP contribution in [-0.4, -0.2) is 97.9 Å². The third-order valence-corrected chi connectivity index (χ3v) is 18.3. The van der Waals surface area contributed by atoms with E-state index in [9.17, 15) is 41.3 Å². The van der Waals surface area contributed by atoms with E-state index < -0.39 is 48.2 Å². The maximum Gasteiger partial charge on any atom is 1.00 e. The van der Waals surface area contributed by atoms with Gasteiger partial charge in [0.1, 0.15) is 37.5 Å². The molecule has 0 radical (unpaired) electrons. The van der Waals surface area contributed by atoms with E-state index in [1.54, 1.807) is 12.2 Å². The van der Waals surface area contributed by atoms with Crippen molar-refractivity contribution in [3.05, 3.63) is 184 Å². The Bertz CT molecular complexity index is 3750. The number of nitrogens with zero attached hydrogens (tertiary/aromatic N) is 3. The third kappa shape index (κ3) is 13.9. The monoisotopic (exact) mass is 1310 g/mol. The van der Waals surface area contributed by atoms with Crippen molar-refractivity contribution in [2.45, 2.75) is 121 Å². The zero-order valence-corrected chi connectivity index (χ0v) is 63.6. The number of ether oxygens (including phenoxy) is 3. The molecule has 21 heteroatoms. The van der Waals surface area contributed by atoms with Gasteiger partial charge in [0.05, 0.1) is 45.9 Å². The SMILES string of the molecule is C.C.C.CC1(C)c2ccccc2N(CCO)[C@@]12C=Cc1cc(S(=O)(=O)[O-])ccc1O2.Cc1ccc2c(c1)C(C)(C)[C@]1(C=Cc3cc(S(=O)(=O)[O-])ccc3O1)N2CCO.Cc1ccc2c(c1)C(C)(C)[C@]1(C=Cc3ccccc3O1)N2CCO.[K+].[K+].[K+].[K+]. The molecule has 0 aliphatic carbocycles. The number of β-amino-alcohol motifs (C(OH)–C–C–N with tert-alkyl or cyclic N) is 3. The van der Waals surface area contributed by atoms with Gasteiger partial charge in [0.2, 0.25) is 17.2 Å². The Balaban J connectivity index is 0.000000325. The predicted molar refractivity (Wildman–Crippen MR) is 324 cm³/mol. The minimum Gasteiger partial charge on any atom is -0.744 e. The molecule has 6 aliphatic heterocycles. The molecule has 0 saturated carbocycles. The van der Waals surface area contributed by atoms with Crippen LogP contribution in [0.2, 0.25) is 0 Å². The van der Waals surface area contributed by atoms with Crippen LogP contribution >= 0.6 is 0 Å². The van der Waals surface area contributed by atoms with Gasteiger partial charge in [-0.3, -0.25) is 0 Å². The molecule has 0 unspecified atom stereocenters. The molecule has 0 amide bonds. The number of hydrogen-bond donors (Lipinski definition) is 3. The van der Waals surface area contributed by atoms with Gasteiger partial charge in [-0.2, -0.15) is 0 Å². The predicted octanol–water partition coefficient (Wildman–Crippen LogP) is -0.915. The minimum absolute atomic E-state index is 0. The van der Waals surface area contributed by atoms with Crippen molar-refractivity contribution in [3.63, 3.8) is 0 Å². The van der Waals surface area contributed by atoms with Crippen LogP contribution in [0.25, 0.3) is 18.2 Å². The van der Waals surface area contributed by atoms with Gasteiger partial charge in [-0.1, -0.05) is 94.1 Å².